The van der Waals surface area contributed by atoms with Crippen LogP contribution in [0.5, 0.6) is 0 Å². The van der Waals surface area contributed by atoms with Gasteiger partial charge < -0.3 is 9.47 Å². The van der Waals surface area contributed by atoms with Crippen molar-refractivity contribution in [2.24, 2.45) is 13.0 Å². The monoisotopic (exact) mass is 309 g/mol. The van der Waals surface area contributed by atoms with Crippen LogP contribution in [-0.4, -0.2) is 26.9 Å². The van der Waals surface area contributed by atoms with Gasteiger partial charge in [-0.25, -0.2) is 4.98 Å². The van der Waals surface area contributed by atoms with Crippen LogP contribution in [0.4, 0.5) is 0 Å². The van der Waals surface area contributed by atoms with Gasteiger partial charge in [0.15, 0.2) is 0 Å². The molecule has 118 valence electrons. The molecule has 5 nitrogen and oxygen atoms in total. The first-order valence-corrected chi connectivity index (χ1v) is 8.02. The average molecular weight is 309 g/mol. The topological polar surface area (TPSA) is 55.2 Å². The number of rotatable bonds is 2. The van der Waals surface area contributed by atoms with Crippen LogP contribution >= 0.6 is 0 Å². The Labute approximate surface area is 134 Å². The van der Waals surface area contributed by atoms with Crippen molar-refractivity contribution >= 4 is 5.91 Å². The van der Waals surface area contributed by atoms with Gasteiger partial charge in [0.1, 0.15) is 0 Å². The Morgan fingerprint density at radius 3 is 2.83 bits per heavy atom. The normalized spacial score (nSPS) is 22.6. The number of aryl methyl sites for hydroxylation is 1. The second-order valence-corrected chi connectivity index (χ2v) is 6.46. The van der Waals surface area contributed by atoms with Crippen LogP contribution in [0.3, 0.4) is 0 Å². The highest BCUT2D eigenvalue weighted by atomic mass is 16.2. The largest absolute Gasteiger partial charge is 0.336 e. The van der Waals surface area contributed by atoms with E-state index < -0.39 is 0 Å². The SMILES string of the molecule is Cn1cnc2c(c1=O)CCN(C(=O)[C@H]1C[C@H]1c1ccccc1)C2. The molecule has 1 aromatic carbocycles. The molecule has 1 saturated carbocycles. The Kier molecular flexibility index (Phi) is 3.29. The number of aromatic nitrogens is 2. The molecule has 2 heterocycles. The molecule has 23 heavy (non-hydrogen) atoms. The minimum atomic E-state index is 0.00989. The van der Waals surface area contributed by atoms with Crippen LogP contribution in [0, 0.1) is 5.92 Å². The molecular weight excluding hydrogens is 290 g/mol. The first-order valence-electron chi connectivity index (χ1n) is 8.02. The van der Waals surface area contributed by atoms with Crippen molar-refractivity contribution in [3.8, 4) is 0 Å². The number of benzene rings is 1. The van der Waals surface area contributed by atoms with Gasteiger partial charge in [-0.2, -0.15) is 0 Å². The fraction of sp³-hybridized carbons (Fsp3) is 0.389. The Hall–Kier alpha value is -2.43. The van der Waals surface area contributed by atoms with E-state index >= 15 is 0 Å². The molecular formula is C18H19N3O2. The molecule has 1 amide bonds. The lowest BCUT2D eigenvalue weighted by Crippen LogP contribution is -2.40. The molecule has 0 bridgehead atoms. The third-order valence-electron chi connectivity index (χ3n) is 4.93. The smallest absolute Gasteiger partial charge is 0.256 e. The minimum absolute atomic E-state index is 0.00989. The lowest BCUT2D eigenvalue weighted by molar-refractivity contribution is -0.133. The molecule has 1 aliphatic carbocycles. The Morgan fingerprint density at radius 2 is 2.04 bits per heavy atom. The zero-order valence-electron chi connectivity index (χ0n) is 13.1. The summed E-state index contributed by atoms with van der Waals surface area (Å²) >= 11 is 0. The highest BCUT2D eigenvalue weighted by Crippen LogP contribution is 2.48. The Morgan fingerprint density at radius 1 is 1.26 bits per heavy atom. The molecule has 0 saturated heterocycles. The Bertz CT molecular complexity index is 813. The molecule has 1 aromatic heterocycles. The van der Waals surface area contributed by atoms with E-state index in [1.54, 1.807) is 13.4 Å². The lowest BCUT2D eigenvalue weighted by atomic mass is 10.0. The predicted octanol–water partition coefficient (Wildman–Crippen LogP) is 1.47. The van der Waals surface area contributed by atoms with E-state index in [9.17, 15) is 9.59 Å². The summed E-state index contributed by atoms with van der Waals surface area (Å²) in [7, 11) is 1.71. The van der Waals surface area contributed by atoms with Crippen LogP contribution in [0.1, 0.15) is 29.2 Å². The van der Waals surface area contributed by atoms with Gasteiger partial charge in [0.05, 0.1) is 18.6 Å². The van der Waals surface area contributed by atoms with Crippen molar-refractivity contribution in [2.75, 3.05) is 6.54 Å². The number of nitrogens with zero attached hydrogens (tertiary/aromatic N) is 3. The predicted molar refractivity (Wildman–Crippen MR) is 85.9 cm³/mol. The van der Waals surface area contributed by atoms with Crippen molar-refractivity contribution in [1.29, 1.82) is 0 Å². The van der Waals surface area contributed by atoms with Crippen LogP contribution in [0.15, 0.2) is 41.5 Å². The fourth-order valence-electron chi connectivity index (χ4n) is 3.48. The maximum atomic E-state index is 12.7. The fourth-order valence-corrected chi connectivity index (χ4v) is 3.48. The molecule has 2 aromatic rings. The van der Waals surface area contributed by atoms with E-state index in [1.807, 2.05) is 23.1 Å². The van der Waals surface area contributed by atoms with Crippen molar-refractivity contribution in [3.05, 3.63) is 63.8 Å². The second kappa shape index (κ2) is 5.33. The maximum Gasteiger partial charge on any atom is 0.256 e. The molecule has 2 atom stereocenters. The van der Waals surface area contributed by atoms with Crippen molar-refractivity contribution in [2.45, 2.75) is 25.3 Å². The summed E-state index contributed by atoms with van der Waals surface area (Å²) in [5.41, 5.74) is 2.77. The summed E-state index contributed by atoms with van der Waals surface area (Å²) in [5.74, 6) is 0.638. The molecule has 1 fully saturated rings. The molecule has 1 aliphatic heterocycles. The molecule has 0 radical (unpaired) electrons. The van der Waals surface area contributed by atoms with Crippen molar-refractivity contribution in [1.82, 2.24) is 14.5 Å². The summed E-state index contributed by atoms with van der Waals surface area (Å²) in [6, 6.07) is 10.2. The first kappa shape index (κ1) is 14.2. The standard InChI is InChI=1S/C18H19N3O2/c1-20-11-19-16-10-21(8-7-13(16)17(20)22)18(23)15-9-14(15)12-5-3-2-4-6-12/h2-6,11,14-15H,7-10H2,1H3/t14-,15-/m0/s1. The van der Waals surface area contributed by atoms with Crippen LogP contribution < -0.4 is 5.56 Å². The van der Waals surface area contributed by atoms with E-state index in [0.717, 1.165) is 17.7 Å². The lowest BCUT2D eigenvalue weighted by Gasteiger charge is -2.28. The van der Waals surface area contributed by atoms with Crippen LogP contribution in [-0.2, 0) is 24.8 Å². The summed E-state index contributed by atoms with van der Waals surface area (Å²) in [5, 5.41) is 0. The molecule has 0 spiro atoms. The number of carbonyl (C=O) groups is 1. The average Bonchev–Trinajstić information content (AvgIpc) is 3.39. The molecule has 5 heteroatoms. The maximum absolute atomic E-state index is 12.7. The van der Waals surface area contributed by atoms with E-state index in [4.69, 9.17) is 0 Å². The number of hydrogen-bond acceptors (Lipinski definition) is 3. The summed E-state index contributed by atoms with van der Waals surface area (Å²) in [4.78, 5) is 31.0. The van der Waals surface area contributed by atoms with Gasteiger partial charge in [0.2, 0.25) is 5.91 Å². The minimum Gasteiger partial charge on any atom is -0.336 e. The van der Waals surface area contributed by atoms with E-state index in [0.29, 0.717) is 25.4 Å². The number of fused-ring (bicyclic) bond motifs is 1. The number of hydrogen-bond donors (Lipinski definition) is 0. The molecule has 0 unspecified atom stereocenters. The van der Waals surface area contributed by atoms with Gasteiger partial charge in [-0.15, -0.1) is 0 Å². The van der Waals surface area contributed by atoms with E-state index in [-0.39, 0.29) is 17.4 Å². The van der Waals surface area contributed by atoms with E-state index in [2.05, 4.69) is 17.1 Å². The van der Waals surface area contributed by atoms with Gasteiger partial charge in [0.25, 0.3) is 5.56 Å². The number of amides is 1. The van der Waals surface area contributed by atoms with Gasteiger partial charge in [-0.1, -0.05) is 30.3 Å². The molecule has 2 aliphatic rings. The second-order valence-electron chi connectivity index (χ2n) is 6.46. The van der Waals surface area contributed by atoms with Gasteiger partial charge >= 0.3 is 0 Å². The summed E-state index contributed by atoms with van der Waals surface area (Å²) in [6.07, 6.45) is 3.07. The zero-order valence-corrected chi connectivity index (χ0v) is 13.1. The molecule has 0 N–H and O–H groups in total. The van der Waals surface area contributed by atoms with Crippen LogP contribution in [0.25, 0.3) is 0 Å². The third kappa shape index (κ3) is 2.46. The van der Waals surface area contributed by atoms with Crippen molar-refractivity contribution < 1.29 is 4.79 Å². The van der Waals surface area contributed by atoms with Gasteiger partial charge in [0, 0.05) is 25.1 Å². The van der Waals surface area contributed by atoms with Gasteiger partial charge in [-0.05, 0) is 24.3 Å². The Balaban J connectivity index is 1.49. The summed E-state index contributed by atoms with van der Waals surface area (Å²) in [6.45, 7) is 1.08. The van der Waals surface area contributed by atoms with E-state index in [1.165, 1.54) is 10.1 Å². The highest BCUT2D eigenvalue weighted by molar-refractivity contribution is 5.83. The van der Waals surface area contributed by atoms with Crippen LogP contribution in [0.2, 0.25) is 0 Å². The summed E-state index contributed by atoms with van der Waals surface area (Å²) < 4.78 is 1.50. The van der Waals surface area contributed by atoms with Gasteiger partial charge in [-0.3, -0.25) is 9.59 Å². The highest BCUT2D eigenvalue weighted by Gasteiger charge is 2.46. The third-order valence-corrected chi connectivity index (χ3v) is 4.93. The first-order chi connectivity index (χ1) is 11.1. The zero-order chi connectivity index (χ0) is 16.0. The molecule has 4 rings (SSSR count). The van der Waals surface area contributed by atoms with Crippen molar-refractivity contribution in [3.63, 3.8) is 0 Å². The number of carbonyl (C=O) groups excluding carboxylic acids is 1. The quantitative estimate of drug-likeness (QED) is 0.844.